The van der Waals surface area contributed by atoms with Gasteiger partial charge in [0.05, 0.1) is 15.5 Å². The van der Waals surface area contributed by atoms with E-state index in [-0.39, 0.29) is 10.6 Å². The SMILES string of the molecule is C/C(=N/NS(=O)(=O)c1ccc(C)c([N+](=O)[O-])c1)c1cccc(N)c1. The molecule has 0 bridgehead atoms. The lowest BCUT2D eigenvalue weighted by molar-refractivity contribution is -0.385. The average Bonchev–Trinajstić information content (AvgIpc) is 2.52. The second kappa shape index (κ2) is 6.67. The van der Waals surface area contributed by atoms with Crippen LogP contribution >= 0.6 is 0 Å². The van der Waals surface area contributed by atoms with Crippen LogP contribution in [0.15, 0.2) is 52.5 Å². The molecule has 9 heteroatoms. The van der Waals surface area contributed by atoms with Crippen LogP contribution in [0, 0.1) is 17.0 Å². The van der Waals surface area contributed by atoms with E-state index in [4.69, 9.17) is 5.73 Å². The predicted octanol–water partition coefficient (Wildman–Crippen LogP) is 2.19. The van der Waals surface area contributed by atoms with Crippen molar-refractivity contribution in [2.75, 3.05) is 5.73 Å². The molecule has 126 valence electrons. The predicted molar refractivity (Wildman–Crippen MR) is 91.2 cm³/mol. The van der Waals surface area contributed by atoms with E-state index in [1.165, 1.54) is 19.1 Å². The van der Waals surface area contributed by atoms with E-state index < -0.39 is 14.9 Å². The lowest BCUT2D eigenvalue weighted by atomic mass is 10.1. The first kappa shape index (κ1) is 17.4. The van der Waals surface area contributed by atoms with E-state index >= 15 is 0 Å². The largest absolute Gasteiger partial charge is 0.399 e. The molecule has 0 unspecified atom stereocenters. The Balaban J connectivity index is 2.30. The molecule has 0 aliphatic heterocycles. The first-order chi connectivity index (χ1) is 11.2. The monoisotopic (exact) mass is 348 g/mol. The third-order valence-corrected chi connectivity index (χ3v) is 4.53. The number of nitro groups is 1. The zero-order valence-corrected chi connectivity index (χ0v) is 13.9. The summed E-state index contributed by atoms with van der Waals surface area (Å²) in [5.41, 5.74) is 7.37. The van der Waals surface area contributed by atoms with Gasteiger partial charge in [-0.3, -0.25) is 10.1 Å². The van der Waals surface area contributed by atoms with E-state index in [0.29, 0.717) is 22.5 Å². The minimum Gasteiger partial charge on any atom is -0.399 e. The van der Waals surface area contributed by atoms with Gasteiger partial charge in [-0.1, -0.05) is 18.2 Å². The molecule has 0 aromatic heterocycles. The Morgan fingerprint density at radius 2 is 1.96 bits per heavy atom. The summed E-state index contributed by atoms with van der Waals surface area (Å²) in [5.74, 6) is 0. The fourth-order valence-corrected chi connectivity index (χ4v) is 2.84. The maximum atomic E-state index is 12.3. The molecule has 0 saturated heterocycles. The van der Waals surface area contributed by atoms with Gasteiger partial charge in [0.1, 0.15) is 0 Å². The second-order valence-electron chi connectivity index (χ2n) is 5.12. The van der Waals surface area contributed by atoms with Gasteiger partial charge in [-0.05, 0) is 37.6 Å². The van der Waals surface area contributed by atoms with E-state index in [1.807, 2.05) is 0 Å². The van der Waals surface area contributed by atoms with Gasteiger partial charge in [0, 0.05) is 17.3 Å². The lowest BCUT2D eigenvalue weighted by Gasteiger charge is -2.06. The highest BCUT2D eigenvalue weighted by Crippen LogP contribution is 2.22. The number of nitrogens with zero attached hydrogens (tertiary/aromatic N) is 2. The van der Waals surface area contributed by atoms with Crippen LogP contribution in [0.1, 0.15) is 18.1 Å². The molecule has 0 spiro atoms. The summed E-state index contributed by atoms with van der Waals surface area (Å²) >= 11 is 0. The molecule has 8 nitrogen and oxygen atoms in total. The fraction of sp³-hybridized carbons (Fsp3) is 0.133. The summed E-state index contributed by atoms with van der Waals surface area (Å²) in [6, 6.07) is 10.5. The molecule has 0 radical (unpaired) electrons. The van der Waals surface area contributed by atoms with Crippen LogP contribution in [0.2, 0.25) is 0 Å². The molecule has 2 rings (SSSR count). The Hall–Kier alpha value is -2.94. The van der Waals surface area contributed by atoms with Crippen molar-refractivity contribution in [1.29, 1.82) is 0 Å². The van der Waals surface area contributed by atoms with Crippen molar-refractivity contribution in [3.8, 4) is 0 Å². The molecule has 2 aromatic rings. The first-order valence-electron chi connectivity index (χ1n) is 6.88. The van der Waals surface area contributed by atoms with Crippen molar-refractivity contribution in [3.05, 3.63) is 63.7 Å². The molecule has 0 amide bonds. The molecule has 0 saturated carbocycles. The van der Waals surface area contributed by atoms with Gasteiger partial charge in [0.25, 0.3) is 15.7 Å². The standard InChI is InChI=1S/C15H16N4O4S/c1-10-6-7-14(9-15(10)19(20)21)24(22,23)18-17-11(2)12-4-3-5-13(16)8-12/h3-9,18H,16H2,1-2H3/b17-11-. The van der Waals surface area contributed by atoms with Crippen LogP contribution in [0.5, 0.6) is 0 Å². The maximum Gasteiger partial charge on any atom is 0.276 e. The highest BCUT2D eigenvalue weighted by atomic mass is 32.2. The summed E-state index contributed by atoms with van der Waals surface area (Å²) in [4.78, 5) is 12.1. The number of nitrogens with one attached hydrogen (secondary N) is 1. The van der Waals surface area contributed by atoms with Crippen molar-refractivity contribution in [1.82, 2.24) is 4.83 Å². The number of aryl methyl sites for hydroxylation is 1. The topological polar surface area (TPSA) is 128 Å². The van der Waals surface area contributed by atoms with Crippen LogP contribution in [0.3, 0.4) is 0 Å². The number of benzene rings is 2. The highest BCUT2D eigenvalue weighted by molar-refractivity contribution is 7.89. The molecule has 0 atom stereocenters. The van der Waals surface area contributed by atoms with Gasteiger partial charge >= 0.3 is 0 Å². The number of anilines is 1. The Labute approximate surface area is 139 Å². The van der Waals surface area contributed by atoms with E-state index in [1.54, 1.807) is 31.2 Å². The van der Waals surface area contributed by atoms with Gasteiger partial charge < -0.3 is 5.73 Å². The zero-order valence-electron chi connectivity index (χ0n) is 13.1. The summed E-state index contributed by atoms with van der Waals surface area (Å²) in [7, 11) is -4.02. The number of nitrogen functional groups attached to an aromatic ring is 1. The van der Waals surface area contributed by atoms with Gasteiger partial charge in [0.2, 0.25) is 0 Å². The molecule has 3 N–H and O–H groups in total. The number of nitrogens with two attached hydrogens (primary N) is 1. The van der Waals surface area contributed by atoms with Crippen molar-refractivity contribution in [3.63, 3.8) is 0 Å². The zero-order chi connectivity index (χ0) is 17.9. The summed E-state index contributed by atoms with van der Waals surface area (Å²) in [6.07, 6.45) is 0. The Morgan fingerprint density at radius 1 is 1.25 bits per heavy atom. The molecule has 0 aliphatic carbocycles. The molecule has 24 heavy (non-hydrogen) atoms. The van der Waals surface area contributed by atoms with Crippen molar-refractivity contribution >= 4 is 27.1 Å². The molecule has 0 aliphatic rings. The number of hydrogen-bond donors (Lipinski definition) is 2. The Bertz CT molecular complexity index is 923. The minimum atomic E-state index is -4.02. The Kier molecular flexibility index (Phi) is 4.84. The third-order valence-electron chi connectivity index (χ3n) is 3.33. The van der Waals surface area contributed by atoms with Crippen LogP contribution in [0.4, 0.5) is 11.4 Å². The quantitative estimate of drug-likeness (QED) is 0.370. The highest BCUT2D eigenvalue weighted by Gasteiger charge is 2.19. The number of rotatable bonds is 5. The van der Waals surface area contributed by atoms with Crippen molar-refractivity contribution < 1.29 is 13.3 Å². The molecular weight excluding hydrogens is 332 g/mol. The molecule has 0 fully saturated rings. The van der Waals surface area contributed by atoms with Crippen molar-refractivity contribution in [2.45, 2.75) is 18.7 Å². The minimum absolute atomic E-state index is 0.232. The number of hydrogen-bond acceptors (Lipinski definition) is 6. The lowest BCUT2D eigenvalue weighted by Crippen LogP contribution is -2.20. The summed E-state index contributed by atoms with van der Waals surface area (Å²) in [6.45, 7) is 3.15. The fourth-order valence-electron chi connectivity index (χ4n) is 1.96. The number of hydrazone groups is 1. The maximum absolute atomic E-state index is 12.3. The van der Waals surface area contributed by atoms with E-state index in [2.05, 4.69) is 9.93 Å². The molecule has 2 aromatic carbocycles. The smallest absolute Gasteiger partial charge is 0.276 e. The first-order valence-corrected chi connectivity index (χ1v) is 8.36. The van der Waals surface area contributed by atoms with Crippen LogP contribution in [-0.2, 0) is 10.0 Å². The van der Waals surface area contributed by atoms with Gasteiger partial charge in [-0.25, -0.2) is 0 Å². The van der Waals surface area contributed by atoms with Gasteiger partial charge in [0.15, 0.2) is 0 Å². The van der Waals surface area contributed by atoms with Gasteiger partial charge in [-0.2, -0.15) is 18.4 Å². The average molecular weight is 348 g/mol. The van der Waals surface area contributed by atoms with Crippen LogP contribution in [0.25, 0.3) is 0 Å². The Morgan fingerprint density at radius 3 is 2.58 bits per heavy atom. The summed E-state index contributed by atoms with van der Waals surface area (Å²) < 4.78 is 24.5. The van der Waals surface area contributed by atoms with Crippen LogP contribution < -0.4 is 10.6 Å². The van der Waals surface area contributed by atoms with E-state index in [9.17, 15) is 18.5 Å². The number of nitro benzene ring substituents is 1. The van der Waals surface area contributed by atoms with E-state index in [0.717, 1.165) is 6.07 Å². The number of sulfonamides is 1. The third kappa shape index (κ3) is 3.87. The summed E-state index contributed by atoms with van der Waals surface area (Å²) in [5, 5.41) is 14.8. The normalized spacial score (nSPS) is 12.0. The van der Waals surface area contributed by atoms with Gasteiger partial charge in [-0.15, -0.1) is 0 Å². The molecular formula is C15H16N4O4S. The second-order valence-corrected chi connectivity index (χ2v) is 6.78. The van der Waals surface area contributed by atoms with Crippen LogP contribution in [-0.4, -0.2) is 19.1 Å². The molecule has 0 heterocycles. The van der Waals surface area contributed by atoms with Crippen molar-refractivity contribution in [2.24, 2.45) is 5.10 Å².